The Balaban J connectivity index is 0.000000264. The van der Waals surface area contributed by atoms with Crippen molar-refractivity contribution in [3.8, 4) is 28.7 Å². The first kappa shape index (κ1) is 27.8. The van der Waals surface area contributed by atoms with Crippen LogP contribution in [0.3, 0.4) is 0 Å². The quantitative estimate of drug-likeness (QED) is 0.139. The van der Waals surface area contributed by atoms with Crippen LogP contribution in [0.1, 0.15) is 31.8 Å². The van der Waals surface area contributed by atoms with E-state index in [-0.39, 0.29) is 56.9 Å². The average Bonchev–Trinajstić information content (AvgIpc) is 2.79. The summed E-state index contributed by atoms with van der Waals surface area (Å²) in [6.45, 7) is 3.08. The summed E-state index contributed by atoms with van der Waals surface area (Å²) in [4.78, 5) is 20.8. The minimum Gasteiger partial charge on any atom is -0.507 e. The number of nitrogens with two attached hydrogens (primary N) is 4. The molecular weight excluding hydrogens is 464 g/mol. The number of aromatic hydroxyl groups is 5. The van der Waals surface area contributed by atoms with Gasteiger partial charge in [0.2, 0.25) is 0 Å². The molecule has 3 aromatic rings. The fraction of sp³-hybridized carbons (Fsp3) is 0.0909. The molecule has 0 fully saturated rings. The Morgan fingerprint density at radius 3 is 1.20 bits per heavy atom. The monoisotopic (exact) mass is 490 g/mol. The zero-order valence-electron chi connectivity index (χ0n) is 18.6. The van der Waals surface area contributed by atoms with Gasteiger partial charge >= 0.3 is 11.9 Å². The molecule has 188 valence electrons. The van der Waals surface area contributed by atoms with Gasteiger partial charge in [-0.15, -0.1) is 0 Å². The molecule has 0 aliphatic rings. The van der Waals surface area contributed by atoms with Gasteiger partial charge < -0.3 is 58.7 Å². The van der Waals surface area contributed by atoms with Gasteiger partial charge in [0, 0.05) is 11.1 Å². The molecule has 13 heteroatoms. The van der Waals surface area contributed by atoms with E-state index in [4.69, 9.17) is 38.3 Å². The zero-order valence-corrected chi connectivity index (χ0v) is 18.6. The number of nitrogen functional groups attached to an aromatic ring is 4. The van der Waals surface area contributed by atoms with Crippen LogP contribution in [0.2, 0.25) is 0 Å². The van der Waals surface area contributed by atoms with E-state index < -0.39 is 17.7 Å². The molecule has 35 heavy (non-hydrogen) atoms. The summed E-state index contributed by atoms with van der Waals surface area (Å²) in [7, 11) is 0. The van der Waals surface area contributed by atoms with E-state index in [1.165, 1.54) is 26.0 Å². The highest BCUT2D eigenvalue weighted by Gasteiger charge is 2.12. The minimum atomic E-state index is -1.30. The summed E-state index contributed by atoms with van der Waals surface area (Å²) in [5, 5.41) is 62.7. The third kappa shape index (κ3) is 6.64. The maximum atomic E-state index is 10.4. The van der Waals surface area contributed by atoms with Gasteiger partial charge in [0.05, 0.1) is 28.3 Å². The Morgan fingerprint density at radius 1 is 0.600 bits per heavy atom. The molecule has 0 saturated heterocycles. The molecule has 0 spiro atoms. The smallest absolute Gasteiger partial charge is 0.339 e. The number of aromatic carboxylic acids is 2. The summed E-state index contributed by atoms with van der Waals surface area (Å²) in [6.07, 6.45) is 0. The van der Waals surface area contributed by atoms with Gasteiger partial charge in [-0.05, 0) is 44.2 Å². The van der Waals surface area contributed by atoms with Crippen LogP contribution in [0.25, 0.3) is 0 Å². The number of phenols is 5. The molecule has 3 rings (SSSR count). The third-order valence-corrected chi connectivity index (χ3v) is 4.61. The first-order chi connectivity index (χ1) is 16.1. The fourth-order valence-electron chi connectivity index (χ4n) is 2.54. The molecule has 15 N–H and O–H groups in total. The number of carboxylic acid groups (broad SMARTS) is 2. The normalized spacial score (nSPS) is 9.77. The maximum absolute atomic E-state index is 10.4. The predicted octanol–water partition coefficient (Wildman–Crippen LogP) is 1.93. The number of phenolic OH excluding ortho intramolecular Hbond substituents is 4. The number of carbonyl (C=O) groups is 2. The van der Waals surface area contributed by atoms with Gasteiger partial charge in [-0.2, -0.15) is 0 Å². The van der Waals surface area contributed by atoms with Gasteiger partial charge in [-0.1, -0.05) is 0 Å². The lowest BCUT2D eigenvalue weighted by Gasteiger charge is -2.07. The lowest BCUT2D eigenvalue weighted by molar-refractivity contribution is 0.0678. The van der Waals surface area contributed by atoms with Crippen LogP contribution in [0.4, 0.5) is 22.7 Å². The molecule has 0 amide bonds. The largest absolute Gasteiger partial charge is 0.507 e. The van der Waals surface area contributed by atoms with Crippen LogP contribution in [0.5, 0.6) is 28.7 Å². The molecule has 0 radical (unpaired) electrons. The molecule has 0 heterocycles. The Labute approximate surface area is 198 Å². The summed E-state index contributed by atoms with van der Waals surface area (Å²) in [6, 6.07) is 5.69. The molecule has 0 aromatic heterocycles. The highest BCUT2D eigenvalue weighted by Crippen LogP contribution is 2.37. The first-order valence-corrected chi connectivity index (χ1v) is 9.52. The van der Waals surface area contributed by atoms with E-state index in [2.05, 4.69) is 0 Å². The Bertz CT molecular complexity index is 1160. The van der Waals surface area contributed by atoms with Crippen molar-refractivity contribution in [1.82, 2.24) is 0 Å². The van der Waals surface area contributed by atoms with Crippen molar-refractivity contribution in [2.75, 3.05) is 22.9 Å². The summed E-state index contributed by atoms with van der Waals surface area (Å²) in [5.41, 5.74) is 22.3. The van der Waals surface area contributed by atoms with Crippen molar-refractivity contribution in [2.24, 2.45) is 0 Å². The average molecular weight is 490 g/mol. The number of hydrogen-bond acceptors (Lipinski definition) is 11. The SMILES string of the molecule is Cc1c(O)c(N)cc(N)c1O.Cc1c(O)c(N)cc(N)c1O.O=C(O)c1ccc(C(=O)O)c(O)c1. The van der Waals surface area contributed by atoms with Crippen molar-refractivity contribution in [3.05, 3.63) is 52.6 Å². The second-order valence-corrected chi connectivity index (χ2v) is 7.10. The van der Waals surface area contributed by atoms with Crippen LogP contribution in [-0.4, -0.2) is 47.7 Å². The molecule has 13 nitrogen and oxygen atoms in total. The van der Waals surface area contributed by atoms with E-state index in [1.807, 2.05) is 0 Å². The lowest BCUT2D eigenvalue weighted by Crippen LogP contribution is -2.00. The Morgan fingerprint density at radius 2 is 0.943 bits per heavy atom. The number of benzene rings is 3. The van der Waals surface area contributed by atoms with Crippen LogP contribution in [0, 0.1) is 13.8 Å². The van der Waals surface area contributed by atoms with Gasteiger partial charge in [-0.3, -0.25) is 0 Å². The van der Waals surface area contributed by atoms with Crippen LogP contribution < -0.4 is 22.9 Å². The van der Waals surface area contributed by atoms with Crippen molar-refractivity contribution >= 4 is 34.7 Å². The number of rotatable bonds is 2. The molecule has 0 atom stereocenters. The van der Waals surface area contributed by atoms with Gasteiger partial charge in [0.15, 0.2) is 0 Å². The number of hydrogen-bond donors (Lipinski definition) is 11. The van der Waals surface area contributed by atoms with Crippen molar-refractivity contribution in [3.63, 3.8) is 0 Å². The first-order valence-electron chi connectivity index (χ1n) is 9.52. The van der Waals surface area contributed by atoms with Crippen molar-refractivity contribution < 1.29 is 45.3 Å². The second kappa shape index (κ2) is 11.1. The molecule has 0 bridgehead atoms. The Hall–Kier alpha value is -5.20. The number of anilines is 4. The second-order valence-electron chi connectivity index (χ2n) is 7.10. The van der Waals surface area contributed by atoms with Crippen LogP contribution >= 0.6 is 0 Å². The summed E-state index contributed by atoms with van der Waals surface area (Å²) >= 11 is 0. The Kier molecular flexibility index (Phi) is 8.82. The highest BCUT2D eigenvalue weighted by molar-refractivity contribution is 5.94. The molecule has 0 saturated carbocycles. The molecule has 3 aromatic carbocycles. The third-order valence-electron chi connectivity index (χ3n) is 4.61. The van der Waals surface area contributed by atoms with E-state index in [0.29, 0.717) is 11.1 Å². The minimum absolute atomic E-state index is 0.114. The molecule has 0 aliphatic heterocycles. The highest BCUT2D eigenvalue weighted by atomic mass is 16.4. The van der Waals surface area contributed by atoms with Crippen LogP contribution in [0.15, 0.2) is 30.3 Å². The lowest BCUT2D eigenvalue weighted by atomic mass is 10.1. The number of carboxylic acids is 2. The standard InChI is InChI=1S/C8H6O5.2C7H10N2O2/c9-6-3-4(7(10)11)1-2-5(6)8(12)13;2*1-3-6(10)4(8)2-5(9)7(3)11/h1-3,9H,(H,10,11)(H,12,13);2*2,10-11H,8-9H2,1H3. The van der Waals surface area contributed by atoms with Crippen LogP contribution in [-0.2, 0) is 0 Å². The van der Waals surface area contributed by atoms with E-state index in [9.17, 15) is 30.0 Å². The molecular formula is C22H26N4O9. The van der Waals surface area contributed by atoms with Gasteiger partial charge in [-0.25, -0.2) is 9.59 Å². The van der Waals surface area contributed by atoms with Gasteiger partial charge in [0.25, 0.3) is 0 Å². The fourth-order valence-corrected chi connectivity index (χ4v) is 2.54. The summed E-state index contributed by atoms with van der Waals surface area (Å²) < 4.78 is 0. The van der Waals surface area contributed by atoms with E-state index in [1.54, 1.807) is 0 Å². The van der Waals surface area contributed by atoms with E-state index in [0.717, 1.165) is 18.2 Å². The van der Waals surface area contributed by atoms with Crippen molar-refractivity contribution in [1.29, 1.82) is 0 Å². The van der Waals surface area contributed by atoms with Gasteiger partial charge in [0.1, 0.15) is 34.3 Å². The topological polar surface area (TPSA) is 280 Å². The van der Waals surface area contributed by atoms with Crippen molar-refractivity contribution in [2.45, 2.75) is 13.8 Å². The zero-order chi connectivity index (χ0) is 27.2. The summed E-state index contributed by atoms with van der Waals surface area (Å²) in [5.74, 6) is -3.52. The molecule has 0 unspecified atom stereocenters. The molecule has 0 aliphatic carbocycles. The van der Waals surface area contributed by atoms with E-state index >= 15 is 0 Å². The predicted molar refractivity (Wildman–Crippen MR) is 129 cm³/mol. The maximum Gasteiger partial charge on any atom is 0.339 e.